The molecule has 0 aliphatic carbocycles. The first kappa shape index (κ1) is 19.3. The van der Waals surface area contributed by atoms with E-state index in [1.165, 1.54) is 30.3 Å². The monoisotopic (exact) mass is 406 g/mol. The van der Waals surface area contributed by atoms with Crippen LogP contribution in [0, 0.1) is 0 Å². The molecule has 1 aliphatic rings. The number of hydrogen-bond donors (Lipinski definition) is 0. The van der Waals surface area contributed by atoms with Gasteiger partial charge < -0.3 is 4.74 Å². The van der Waals surface area contributed by atoms with Crippen LogP contribution in [-0.4, -0.2) is 34.6 Å². The Morgan fingerprint density at radius 2 is 1.44 bits per heavy atom. The largest absolute Gasteiger partial charge is 0.477 e. The van der Waals surface area contributed by atoms with E-state index in [0.717, 1.165) is 6.26 Å². The van der Waals surface area contributed by atoms with Gasteiger partial charge in [0.2, 0.25) is 5.78 Å². The molecule has 0 aromatic heterocycles. The van der Waals surface area contributed by atoms with E-state index >= 15 is 0 Å². The second-order valence-corrected chi connectivity index (χ2v) is 10.5. The van der Waals surface area contributed by atoms with Gasteiger partial charge in [0.15, 0.2) is 25.8 Å². The lowest BCUT2D eigenvalue weighted by molar-refractivity contribution is -0.120. The molecular formula is C19H18O6S2. The molecule has 3 rings (SSSR count). The Bertz CT molecular complexity index is 1110. The third-order valence-electron chi connectivity index (χ3n) is 4.27. The molecule has 0 spiro atoms. The van der Waals surface area contributed by atoms with Crippen molar-refractivity contribution in [3.8, 4) is 0 Å². The fourth-order valence-electron chi connectivity index (χ4n) is 2.69. The molecule has 6 nitrogen and oxygen atoms in total. The van der Waals surface area contributed by atoms with E-state index in [-0.39, 0.29) is 21.3 Å². The molecule has 27 heavy (non-hydrogen) atoms. The first-order valence-corrected chi connectivity index (χ1v) is 11.7. The highest BCUT2D eigenvalue weighted by atomic mass is 32.2. The molecule has 0 amide bonds. The third-order valence-corrected chi connectivity index (χ3v) is 7.14. The van der Waals surface area contributed by atoms with Gasteiger partial charge in [0.05, 0.1) is 15.5 Å². The Balaban J connectivity index is 1.82. The highest BCUT2D eigenvalue weighted by molar-refractivity contribution is 7.91. The third kappa shape index (κ3) is 3.96. The smallest absolute Gasteiger partial charge is 0.204 e. The normalized spacial score (nSPS) is 17.5. The van der Waals surface area contributed by atoms with Gasteiger partial charge in [-0.3, -0.25) is 4.79 Å². The standard InChI is InChI=1S/C19H18O6S2/c1-3-27(23,24)16-10-6-14(7-11-16)19-17(20)12-18(25-19)13-4-8-15(9-5-13)26(2,21)22/h4-12,19H,3H2,1-2H3. The number of carbonyl (C=O) groups is 1. The number of ether oxygens (including phenoxy) is 1. The number of rotatable bonds is 5. The van der Waals surface area contributed by atoms with Crippen molar-refractivity contribution in [2.75, 3.05) is 12.0 Å². The fraction of sp³-hybridized carbons (Fsp3) is 0.211. The number of sulfone groups is 2. The van der Waals surface area contributed by atoms with Gasteiger partial charge in [-0.2, -0.15) is 0 Å². The SMILES string of the molecule is CCS(=O)(=O)c1ccc(C2OC(c3ccc(S(C)(=O)=O)cc3)=CC2=O)cc1. The van der Waals surface area contributed by atoms with Crippen LogP contribution in [0.5, 0.6) is 0 Å². The van der Waals surface area contributed by atoms with Crippen LogP contribution in [0.2, 0.25) is 0 Å². The summed E-state index contributed by atoms with van der Waals surface area (Å²) < 4.78 is 52.6. The molecule has 2 aromatic carbocycles. The summed E-state index contributed by atoms with van der Waals surface area (Å²) in [7, 11) is -6.61. The average molecular weight is 406 g/mol. The predicted octanol–water partition coefficient (Wildman–Crippen LogP) is 2.57. The zero-order valence-corrected chi connectivity index (χ0v) is 16.4. The van der Waals surface area contributed by atoms with Crippen molar-refractivity contribution in [2.45, 2.75) is 22.8 Å². The first-order chi connectivity index (χ1) is 12.6. The van der Waals surface area contributed by atoms with Gasteiger partial charge >= 0.3 is 0 Å². The van der Waals surface area contributed by atoms with Gasteiger partial charge in [-0.15, -0.1) is 0 Å². The van der Waals surface area contributed by atoms with Crippen molar-refractivity contribution in [1.29, 1.82) is 0 Å². The van der Waals surface area contributed by atoms with E-state index in [2.05, 4.69) is 0 Å². The summed E-state index contributed by atoms with van der Waals surface area (Å²) in [5, 5.41) is 0. The summed E-state index contributed by atoms with van der Waals surface area (Å²) in [5.74, 6) is 0.0824. The summed E-state index contributed by atoms with van der Waals surface area (Å²) in [6.07, 6.45) is 1.62. The summed E-state index contributed by atoms with van der Waals surface area (Å²) >= 11 is 0. The van der Waals surface area contributed by atoms with Gasteiger partial charge in [-0.25, -0.2) is 16.8 Å². The molecule has 0 bridgehead atoms. The van der Waals surface area contributed by atoms with E-state index < -0.39 is 25.8 Å². The molecule has 0 saturated carbocycles. The Morgan fingerprint density at radius 3 is 1.96 bits per heavy atom. The van der Waals surface area contributed by atoms with Crippen LogP contribution in [-0.2, 0) is 29.2 Å². The lowest BCUT2D eigenvalue weighted by Gasteiger charge is -2.13. The topological polar surface area (TPSA) is 94.6 Å². The minimum Gasteiger partial charge on any atom is -0.477 e. The molecule has 0 saturated heterocycles. The quantitative estimate of drug-likeness (QED) is 0.757. The molecule has 0 radical (unpaired) electrons. The van der Waals surface area contributed by atoms with Gasteiger partial charge in [0.25, 0.3) is 0 Å². The van der Waals surface area contributed by atoms with Crippen LogP contribution in [0.3, 0.4) is 0 Å². The minimum absolute atomic E-state index is 0.000382. The fourth-order valence-corrected chi connectivity index (χ4v) is 4.21. The number of ketones is 1. The highest BCUT2D eigenvalue weighted by Gasteiger charge is 2.29. The minimum atomic E-state index is -3.31. The van der Waals surface area contributed by atoms with E-state index in [9.17, 15) is 21.6 Å². The van der Waals surface area contributed by atoms with Crippen molar-refractivity contribution in [1.82, 2.24) is 0 Å². The second-order valence-electron chi connectivity index (χ2n) is 6.18. The molecule has 142 valence electrons. The Labute approximate surface area is 158 Å². The Morgan fingerprint density at radius 1 is 0.889 bits per heavy atom. The van der Waals surface area contributed by atoms with Crippen molar-refractivity contribution in [3.05, 3.63) is 65.7 Å². The maximum Gasteiger partial charge on any atom is 0.204 e. The summed E-state index contributed by atoms with van der Waals surface area (Å²) in [6, 6.07) is 12.1. The van der Waals surface area contributed by atoms with E-state index in [4.69, 9.17) is 4.74 Å². The predicted molar refractivity (Wildman–Crippen MR) is 101 cm³/mol. The maximum absolute atomic E-state index is 12.3. The summed E-state index contributed by atoms with van der Waals surface area (Å²) in [5.41, 5.74) is 1.14. The van der Waals surface area contributed by atoms with Gasteiger partial charge in [-0.1, -0.05) is 19.1 Å². The Kier molecular flexibility index (Phi) is 4.96. The van der Waals surface area contributed by atoms with Crippen LogP contribution in [0.1, 0.15) is 24.2 Å². The number of carbonyl (C=O) groups excluding carboxylic acids is 1. The molecule has 1 atom stereocenters. The van der Waals surface area contributed by atoms with Crippen molar-refractivity contribution < 1.29 is 26.4 Å². The van der Waals surface area contributed by atoms with Crippen molar-refractivity contribution in [3.63, 3.8) is 0 Å². The zero-order chi connectivity index (χ0) is 19.8. The lowest BCUT2D eigenvalue weighted by Crippen LogP contribution is -2.08. The van der Waals surface area contributed by atoms with Crippen LogP contribution in [0.15, 0.2) is 64.4 Å². The van der Waals surface area contributed by atoms with Gasteiger partial charge in [0, 0.05) is 23.5 Å². The molecule has 1 aliphatic heterocycles. The zero-order valence-electron chi connectivity index (χ0n) is 14.7. The van der Waals surface area contributed by atoms with Crippen molar-refractivity contribution in [2.24, 2.45) is 0 Å². The molecule has 1 unspecified atom stereocenters. The van der Waals surface area contributed by atoms with Crippen LogP contribution >= 0.6 is 0 Å². The highest BCUT2D eigenvalue weighted by Crippen LogP contribution is 2.34. The molecule has 1 heterocycles. The van der Waals surface area contributed by atoms with Gasteiger partial charge in [-0.05, 0) is 36.4 Å². The average Bonchev–Trinajstić information content (AvgIpc) is 3.03. The Hall–Kier alpha value is -2.45. The molecule has 8 heteroatoms. The van der Waals surface area contributed by atoms with Crippen LogP contribution in [0.25, 0.3) is 5.76 Å². The van der Waals surface area contributed by atoms with Crippen molar-refractivity contribution >= 4 is 31.2 Å². The number of hydrogen-bond acceptors (Lipinski definition) is 6. The van der Waals surface area contributed by atoms with E-state index in [1.807, 2.05) is 0 Å². The summed E-state index contributed by atoms with van der Waals surface area (Å²) in [6.45, 7) is 1.57. The molecule has 0 N–H and O–H groups in total. The van der Waals surface area contributed by atoms with Gasteiger partial charge in [0.1, 0.15) is 5.76 Å². The lowest BCUT2D eigenvalue weighted by atomic mass is 10.1. The summed E-state index contributed by atoms with van der Waals surface area (Å²) in [4.78, 5) is 12.7. The van der Waals surface area contributed by atoms with Crippen LogP contribution < -0.4 is 0 Å². The second kappa shape index (κ2) is 6.94. The maximum atomic E-state index is 12.3. The van der Waals surface area contributed by atoms with E-state index in [1.54, 1.807) is 31.2 Å². The number of benzene rings is 2. The first-order valence-electron chi connectivity index (χ1n) is 8.17. The molecular weight excluding hydrogens is 388 g/mol. The van der Waals surface area contributed by atoms with Crippen LogP contribution in [0.4, 0.5) is 0 Å². The van der Waals surface area contributed by atoms with E-state index in [0.29, 0.717) is 16.9 Å². The molecule has 0 fully saturated rings. The molecule has 2 aromatic rings.